The summed E-state index contributed by atoms with van der Waals surface area (Å²) in [6.07, 6.45) is 3.66. The van der Waals surface area contributed by atoms with Crippen LogP contribution in [0.5, 0.6) is 5.88 Å². The molecule has 0 spiro atoms. The molecule has 12 heteroatoms. The zero-order valence-electron chi connectivity index (χ0n) is 32.6. The van der Waals surface area contributed by atoms with E-state index in [9.17, 15) is 4.79 Å². The summed E-state index contributed by atoms with van der Waals surface area (Å²) in [5.74, 6) is 0.186. The lowest BCUT2D eigenvalue weighted by Crippen LogP contribution is -2.47. The van der Waals surface area contributed by atoms with Crippen molar-refractivity contribution in [2.45, 2.75) is 64.7 Å². The van der Waals surface area contributed by atoms with E-state index in [-0.39, 0.29) is 11.6 Å². The first-order valence-corrected chi connectivity index (χ1v) is 23.2. The minimum Gasteiger partial charge on any atom is -0.476 e. The largest absolute Gasteiger partial charge is 0.476 e. The van der Waals surface area contributed by atoms with Crippen LogP contribution >= 0.6 is 11.6 Å². The summed E-state index contributed by atoms with van der Waals surface area (Å²) in [4.78, 5) is 25.4. The first-order valence-electron chi connectivity index (χ1n) is 19.2. The number of anilines is 3. The van der Waals surface area contributed by atoms with E-state index in [0.29, 0.717) is 37.9 Å². The monoisotopic (exact) mass is 771 g/mol. The molecule has 7 rings (SSSR count). The molecule has 0 aliphatic carbocycles. The Kier molecular flexibility index (Phi) is 11.4. The van der Waals surface area contributed by atoms with E-state index in [4.69, 9.17) is 35.5 Å². The number of benzene rings is 2. The normalized spacial score (nSPS) is 18.1. The van der Waals surface area contributed by atoms with Gasteiger partial charge in [-0.05, 0) is 85.5 Å². The first kappa shape index (κ1) is 38.4. The summed E-state index contributed by atoms with van der Waals surface area (Å²) in [6, 6.07) is 19.6. The Hall–Kier alpha value is -3.87. The van der Waals surface area contributed by atoms with Gasteiger partial charge < -0.3 is 33.3 Å². The Bertz CT molecular complexity index is 2000. The summed E-state index contributed by atoms with van der Waals surface area (Å²) in [5.41, 5.74) is 7.76. The van der Waals surface area contributed by atoms with Crippen LogP contribution in [0.4, 0.5) is 17.1 Å². The molecule has 0 amide bonds. The lowest BCUT2D eigenvalue weighted by atomic mass is 9.87. The number of hydrogen-bond donors (Lipinski definition) is 0. The van der Waals surface area contributed by atoms with Crippen molar-refractivity contribution < 1.29 is 23.7 Å². The third kappa shape index (κ3) is 8.81. The van der Waals surface area contributed by atoms with Crippen LogP contribution in [0.1, 0.15) is 42.6 Å². The molecule has 2 aromatic carbocycles. The van der Waals surface area contributed by atoms with Crippen LogP contribution in [0.2, 0.25) is 30.7 Å². The van der Waals surface area contributed by atoms with Crippen molar-refractivity contribution in [3.63, 3.8) is 0 Å². The van der Waals surface area contributed by atoms with Gasteiger partial charge in [-0.3, -0.25) is 4.90 Å². The fourth-order valence-corrected chi connectivity index (χ4v) is 8.40. The molecule has 1 fully saturated rings. The number of methoxy groups -OCH3 is 1. The highest BCUT2D eigenvalue weighted by Gasteiger charge is 2.31. The average molecular weight is 772 g/mol. The Balaban J connectivity index is 1.11. The molecule has 1 saturated heterocycles. The van der Waals surface area contributed by atoms with Gasteiger partial charge in [0.2, 0.25) is 5.88 Å². The van der Waals surface area contributed by atoms with Crippen molar-refractivity contribution in [3.8, 4) is 5.88 Å². The molecule has 0 radical (unpaired) electrons. The van der Waals surface area contributed by atoms with Gasteiger partial charge in [0.1, 0.15) is 18.1 Å². The van der Waals surface area contributed by atoms with Gasteiger partial charge in [-0.25, -0.2) is 4.79 Å². The molecular formula is C42H54ClN5O5Si. The number of fused-ring (bicyclic) bond motifs is 2. The van der Waals surface area contributed by atoms with E-state index in [0.717, 1.165) is 91.3 Å². The van der Waals surface area contributed by atoms with E-state index in [1.165, 1.54) is 23.8 Å². The third-order valence-electron chi connectivity index (χ3n) is 10.7. The molecule has 0 saturated carbocycles. The molecule has 0 unspecified atom stereocenters. The molecule has 0 atom stereocenters. The average Bonchev–Trinajstić information content (AvgIpc) is 3.42. The van der Waals surface area contributed by atoms with Crippen LogP contribution < -0.4 is 14.5 Å². The van der Waals surface area contributed by atoms with Crippen molar-refractivity contribution in [2.75, 3.05) is 76.0 Å². The standard InChI is InChI=1S/C42H54ClN5O5Si/c1-42(2)26-36(30-8-10-33(43)11-9-30)32(28-53-42)27-45-17-19-46(20-18-45)34-12-13-35(41(49)50-3)37(25-34)48-15-7-21-52-40-38(48)24-31-14-16-47(39(31)44-40)29-51-22-23-54(4,5)6/h8-14,16,24-25H,7,15,17-23,26-29H2,1-6H3. The zero-order valence-corrected chi connectivity index (χ0v) is 34.4. The number of ether oxygens (including phenoxy) is 4. The first-order chi connectivity index (χ1) is 25.9. The molecule has 0 N–H and O–H groups in total. The van der Waals surface area contributed by atoms with Crippen molar-refractivity contribution >= 4 is 59.3 Å². The Morgan fingerprint density at radius 2 is 1.76 bits per heavy atom. The topological polar surface area (TPSA) is 81.5 Å². The molecule has 0 bridgehead atoms. The van der Waals surface area contributed by atoms with Crippen LogP contribution in [0, 0.1) is 0 Å². The second kappa shape index (κ2) is 16.1. The van der Waals surface area contributed by atoms with Gasteiger partial charge in [-0.2, -0.15) is 4.98 Å². The highest BCUT2D eigenvalue weighted by Crippen LogP contribution is 2.41. The maximum atomic E-state index is 13.2. The van der Waals surface area contributed by atoms with Gasteiger partial charge in [0.05, 0.1) is 37.2 Å². The van der Waals surface area contributed by atoms with Crippen LogP contribution in [-0.2, 0) is 20.9 Å². The molecule has 54 heavy (non-hydrogen) atoms. The van der Waals surface area contributed by atoms with Crippen LogP contribution in [0.25, 0.3) is 16.6 Å². The molecule has 2 aromatic heterocycles. The minimum atomic E-state index is -1.18. The number of carbonyl (C=O) groups is 1. The van der Waals surface area contributed by atoms with Crippen molar-refractivity contribution in [2.24, 2.45) is 0 Å². The van der Waals surface area contributed by atoms with Gasteiger partial charge in [0, 0.05) is 82.7 Å². The molecule has 4 aromatic rings. The lowest BCUT2D eigenvalue weighted by molar-refractivity contribution is -0.0101. The Morgan fingerprint density at radius 3 is 2.50 bits per heavy atom. The predicted molar refractivity (Wildman–Crippen MR) is 220 cm³/mol. The van der Waals surface area contributed by atoms with E-state index >= 15 is 0 Å². The number of pyridine rings is 1. The summed E-state index contributed by atoms with van der Waals surface area (Å²) >= 11 is 6.24. The van der Waals surface area contributed by atoms with Crippen LogP contribution in [0.15, 0.2) is 66.4 Å². The number of esters is 1. The lowest BCUT2D eigenvalue weighted by Gasteiger charge is -2.39. The Morgan fingerprint density at radius 1 is 0.981 bits per heavy atom. The SMILES string of the molecule is COC(=O)c1ccc(N2CCN(CC3=C(c4ccc(Cl)cc4)CC(C)(C)OC3)CC2)cc1N1CCCOc2nc3c(ccn3COCC[Si](C)(C)C)cc21. The van der Waals surface area contributed by atoms with E-state index in [2.05, 4.69) is 78.5 Å². The molecule has 5 heterocycles. The number of nitrogens with zero attached hydrogens (tertiary/aromatic N) is 5. The van der Waals surface area contributed by atoms with Crippen molar-refractivity contribution in [1.29, 1.82) is 0 Å². The number of aromatic nitrogens is 2. The fourth-order valence-electron chi connectivity index (χ4n) is 7.52. The molecule has 3 aliphatic heterocycles. The Labute approximate surface area is 325 Å². The third-order valence-corrected chi connectivity index (χ3v) is 12.6. The summed E-state index contributed by atoms with van der Waals surface area (Å²) in [5, 5.41) is 1.74. The fraction of sp³-hybridized carbons (Fsp3) is 0.476. The highest BCUT2D eigenvalue weighted by atomic mass is 35.5. The number of rotatable bonds is 11. The van der Waals surface area contributed by atoms with E-state index < -0.39 is 8.07 Å². The summed E-state index contributed by atoms with van der Waals surface area (Å²) < 4.78 is 25.9. The van der Waals surface area contributed by atoms with Gasteiger partial charge in [0.25, 0.3) is 0 Å². The van der Waals surface area contributed by atoms with E-state index in [1.54, 1.807) is 0 Å². The second-order valence-corrected chi connectivity index (χ2v) is 22.5. The van der Waals surface area contributed by atoms with Gasteiger partial charge >= 0.3 is 5.97 Å². The maximum absolute atomic E-state index is 13.2. The zero-order chi connectivity index (χ0) is 38.0. The van der Waals surface area contributed by atoms with Crippen LogP contribution in [0.3, 0.4) is 0 Å². The smallest absolute Gasteiger partial charge is 0.339 e. The number of halogens is 1. The summed E-state index contributed by atoms with van der Waals surface area (Å²) in [7, 11) is 0.253. The molecule has 10 nitrogen and oxygen atoms in total. The minimum absolute atomic E-state index is 0.208. The quantitative estimate of drug-likeness (QED) is 0.0848. The second-order valence-electron chi connectivity index (χ2n) is 16.5. The van der Waals surface area contributed by atoms with E-state index in [1.807, 2.05) is 35.0 Å². The number of hydrogen-bond acceptors (Lipinski definition) is 9. The predicted octanol–water partition coefficient (Wildman–Crippen LogP) is 8.48. The number of piperazine rings is 1. The molecular weight excluding hydrogens is 718 g/mol. The van der Waals surface area contributed by atoms with Gasteiger partial charge in [0.15, 0.2) is 0 Å². The maximum Gasteiger partial charge on any atom is 0.339 e. The summed E-state index contributed by atoms with van der Waals surface area (Å²) in [6.45, 7) is 18.8. The van der Waals surface area contributed by atoms with Gasteiger partial charge in [-0.15, -0.1) is 0 Å². The highest BCUT2D eigenvalue weighted by molar-refractivity contribution is 6.76. The number of carbonyl (C=O) groups excluding carboxylic acids is 1. The van der Waals surface area contributed by atoms with Crippen LogP contribution in [-0.4, -0.2) is 100 Å². The molecule has 288 valence electrons. The molecule has 3 aliphatic rings. The van der Waals surface area contributed by atoms with Gasteiger partial charge in [-0.1, -0.05) is 43.4 Å². The van der Waals surface area contributed by atoms with Crippen molar-refractivity contribution in [3.05, 3.63) is 82.5 Å². The van der Waals surface area contributed by atoms with Crippen molar-refractivity contribution in [1.82, 2.24) is 14.5 Å².